The summed E-state index contributed by atoms with van der Waals surface area (Å²) >= 11 is 1.52. The van der Waals surface area contributed by atoms with E-state index in [1.165, 1.54) is 11.3 Å². The fraction of sp³-hybridized carbons (Fsp3) is 0.0625. The topological polar surface area (TPSA) is 59.1 Å². The lowest BCUT2D eigenvalue weighted by Crippen LogP contribution is -2.24. The van der Waals surface area contributed by atoms with Gasteiger partial charge >= 0.3 is 0 Å². The van der Waals surface area contributed by atoms with Gasteiger partial charge in [0.2, 0.25) is 10.0 Å². The molecule has 24 heavy (non-hydrogen) atoms. The number of nitrogens with one attached hydrogen (secondary N) is 1. The van der Waals surface area contributed by atoms with E-state index in [1.807, 2.05) is 17.5 Å². The largest absolute Gasteiger partial charge is 0.255 e. The fourth-order valence-electron chi connectivity index (χ4n) is 2.08. The Morgan fingerprint density at radius 2 is 1.96 bits per heavy atom. The summed E-state index contributed by atoms with van der Waals surface area (Å²) in [6.45, 7) is -0.0564. The zero-order valence-corrected chi connectivity index (χ0v) is 13.9. The van der Waals surface area contributed by atoms with Crippen molar-refractivity contribution in [1.29, 1.82) is 0 Å². The molecule has 0 saturated heterocycles. The third-order valence-electron chi connectivity index (χ3n) is 3.25. The second-order valence-corrected chi connectivity index (χ2v) is 7.61. The smallest absolute Gasteiger partial charge is 0.243 e. The first-order valence-corrected chi connectivity index (χ1v) is 9.25. The molecule has 1 N–H and O–H groups in total. The van der Waals surface area contributed by atoms with Crippen LogP contribution >= 0.6 is 11.3 Å². The maximum Gasteiger partial charge on any atom is 0.243 e. The molecule has 3 rings (SSSR count). The highest BCUT2D eigenvalue weighted by Crippen LogP contribution is 2.23. The summed E-state index contributed by atoms with van der Waals surface area (Å²) in [6.07, 6.45) is 1.57. The van der Waals surface area contributed by atoms with Crippen LogP contribution < -0.4 is 4.72 Å². The number of thiophene rings is 1. The summed E-state index contributed by atoms with van der Waals surface area (Å²) in [5.41, 5.74) is 1.38. The van der Waals surface area contributed by atoms with E-state index in [0.29, 0.717) is 11.6 Å². The number of pyridine rings is 1. The van der Waals surface area contributed by atoms with Crippen molar-refractivity contribution in [2.45, 2.75) is 11.4 Å². The fourth-order valence-corrected chi connectivity index (χ4v) is 3.88. The van der Waals surface area contributed by atoms with Crippen LogP contribution in [-0.2, 0) is 16.6 Å². The number of aromatic nitrogens is 1. The van der Waals surface area contributed by atoms with Gasteiger partial charge in [0, 0.05) is 12.7 Å². The quantitative estimate of drug-likeness (QED) is 0.751. The molecule has 0 radical (unpaired) electrons. The van der Waals surface area contributed by atoms with Gasteiger partial charge in [0.25, 0.3) is 0 Å². The molecule has 0 fully saturated rings. The number of hydrogen-bond acceptors (Lipinski definition) is 4. The van der Waals surface area contributed by atoms with Gasteiger partial charge in [-0.3, -0.25) is 4.98 Å². The molecular formula is C16H12F2N2O2S2. The first-order chi connectivity index (χ1) is 11.5. The molecule has 2 heterocycles. The lowest BCUT2D eigenvalue weighted by atomic mass is 10.2. The normalized spacial score (nSPS) is 11.6. The molecule has 0 saturated carbocycles. The van der Waals surface area contributed by atoms with Gasteiger partial charge in [0.05, 0.1) is 10.6 Å². The van der Waals surface area contributed by atoms with Crippen LogP contribution in [0.1, 0.15) is 5.56 Å². The van der Waals surface area contributed by atoms with E-state index in [-0.39, 0.29) is 6.54 Å². The minimum atomic E-state index is -4.16. The maximum atomic E-state index is 13.6. The molecule has 8 heteroatoms. The monoisotopic (exact) mass is 366 g/mol. The highest BCUT2D eigenvalue weighted by molar-refractivity contribution is 7.89. The van der Waals surface area contributed by atoms with Crippen molar-refractivity contribution < 1.29 is 17.2 Å². The van der Waals surface area contributed by atoms with Gasteiger partial charge in [-0.05, 0) is 47.3 Å². The summed E-state index contributed by atoms with van der Waals surface area (Å²) in [5, 5.41) is 1.92. The molecule has 2 aromatic heterocycles. The van der Waals surface area contributed by atoms with Crippen molar-refractivity contribution in [3.8, 4) is 10.6 Å². The van der Waals surface area contributed by atoms with Crippen LogP contribution in [0, 0.1) is 11.6 Å². The Morgan fingerprint density at radius 3 is 2.71 bits per heavy atom. The third-order valence-corrected chi connectivity index (χ3v) is 5.56. The highest BCUT2D eigenvalue weighted by Gasteiger charge is 2.19. The summed E-state index contributed by atoms with van der Waals surface area (Å²) < 4.78 is 53.4. The average Bonchev–Trinajstić information content (AvgIpc) is 3.10. The molecule has 1 aromatic carbocycles. The van der Waals surface area contributed by atoms with Crippen LogP contribution in [0.2, 0.25) is 0 Å². The number of sulfonamides is 1. The predicted octanol–water partition coefficient (Wildman–Crippen LogP) is 3.57. The molecule has 4 nitrogen and oxygen atoms in total. The number of benzene rings is 1. The third kappa shape index (κ3) is 3.66. The zero-order valence-electron chi connectivity index (χ0n) is 12.2. The molecule has 3 aromatic rings. The SMILES string of the molecule is O=S(=O)(NCc1ccnc(-c2cccs2)c1)c1cc(F)ccc1F. The second-order valence-electron chi connectivity index (χ2n) is 4.93. The first kappa shape index (κ1) is 16.7. The first-order valence-electron chi connectivity index (χ1n) is 6.89. The van der Waals surface area contributed by atoms with Crippen LogP contribution in [-0.4, -0.2) is 13.4 Å². The van der Waals surface area contributed by atoms with Crippen LogP contribution in [0.5, 0.6) is 0 Å². The highest BCUT2D eigenvalue weighted by atomic mass is 32.2. The van der Waals surface area contributed by atoms with Gasteiger partial charge in [0.15, 0.2) is 0 Å². The molecule has 0 amide bonds. The maximum absolute atomic E-state index is 13.6. The van der Waals surface area contributed by atoms with E-state index < -0.39 is 26.6 Å². The summed E-state index contributed by atoms with van der Waals surface area (Å²) in [5.74, 6) is -1.82. The predicted molar refractivity (Wildman–Crippen MR) is 87.9 cm³/mol. The molecule has 0 aliphatic carbocycles. The Balaban J connectivity index is 1.80. The minimum absolute atomic E-state index is 0.0564. The molecule has 124 valence electrons. The molecule has 0 bridgehead atoms. The van der Waals surface area contributed by atoms with Gasteiger partial charge in [-0.1, -0.05) is 6.07 Å². The number of halogens is 2. The number of nitrogens with zero attached hydrogens (tertiary/aromatic N) is 1. The van der Waals surface area contributed by atoms with E-state index in [4.69, 9.17) is 0 Å². The van der Waals surface area contributed by atoms with E-state index in [0.717, 1.165) is 22.7 Å². The number of rotatable bonds is 5. The second kappa shape index (κ2) is 6.76. The van der Waals surface area contributed by atoms with Gasteiger partial charge in [0.1, 0.15) is 16.5 Å². The lowest BCUT2D eigenvalue weighted by molar-refractivity contribution is 0.545. The Hall–Kier alpha value is -2.16. The van der Waals surface area contributed by atoms with E-state index >= 15 is 0 Å². The van der Waals surface area contributed by atoms with Crippen molar-refractivity contribution in [1.82, 2.24) is 9.71 Å². The molecule has 0 aliphatic rings. The van der Waals surface area contributed by atoms with Gasteiger partial charge < -0.3 is 0 Å². The van der Waals surface area contributed by atoms with E-state index in [1.54, 1.807) is 18.3 Å². The Morgan fingerprint density at radius 1 is 1.12 bits per heavy atom. The van der Waals surface area contributed by atoms with Crippen molar-refractivity contribution in [3.63, 3.8) is 0 Å². The van der Waals surface area contributed by atoms with Crippen LogP contribution in [0.15, 0.2) is 58.9 Å². The Labute approximate surface area is 141 Å². The minimum Gasteiger partial charge on any atom is -0.255 e. The van der Waals surface area contributed by atoms with Gasteiger partial charge in [-0.15, -0.1) is 11.3 Å². The summed E-state index contributed by atoms with van der Waals surface area (Å²) in [4.78, 5) is 4.48. The Kier molecular flexibility index (Phi) is 4.70. The van der Waals surface area contributed by atoms with Crippen molar-refractivity contribution in [2.24, 2.45) is 0 Å². The van der Waals surface area contributed by atoms with Gasteiger partial charge in [-0.2, -0.15) is 0 Å². The van der Waals surface area contributed by atoms with Crippen molar-refractivity contribution >= 4 is 21.4 Å². The average molecular weight is 366 g/mol. The van der Waals surface area contributed by atoms with Crippen molar-refractivity contribution in [3.05, 3.63) is 71.2 Å². The molecule has 0 atom stereocenters. The van der Waals surface area contributed by atoms with Gasteiger partial charge in [-0.25, -0.2) is 21.9 Å². The lowest BCUT2D eigenvalue weighted by Gasteiger charge is -2.08. The van der Waals surface area contributed by atoms with E-state index in [2.05, 4.69) is 9.71 Å². The number of hydrogen-bond donors (Lipinski definition) is 1. The zero-order chi connectivity index (χ0) is 17.2. The summed E-state index contributed by atoms with van der Waals surface area (Å²) in [6, 6.07) is 9.50. The molecule has 0 spiro atoms. The Bertz CT molecular complexity index is 958. The van der Waals surface area contributed by atoms with Crippen LogP contribution in [0.25, 0.3) is 10.6 Å². The molecule has 0 unspecified atom stereocenters. The summed E-state index contributed by atoms with van der Waals surface area (Å²) in [7, 11) is -4.16. The standard InChI is InChI=1S/C16H12F2N2O2S2/c17-12-3-4-13(18)16(9-12)24(21,22)20-10-11-5-6-19-14(8-11)15-2-1-7-23-15/h1-9,20H,10H2. The van der Waals surface area contributed by atoms with E-state index in [9.17, 15) is 17.2 Å². The molecular weight excluding hydrogens is 354 g/mol. The van der Waals surface area contributed by atoms with Crippen LogP contribution in [0.4, 0.5) is 8.78 Å². The molecule has 0 aliphatic heterocycles. The van der Waals surface area contributed by atoms with Crippen molar-refractivity contribution in [2.75, 3.05) is 0 Å². The van der Waals surface area contributed by atoms with Crippen LogP contribution in [0.3, 0.4) is 0 Å².